The zero-order valence-electron chi connectivity index (χ0n) is 13.4. The Bertz CT molecular complexity index is 878. The lowest BCUT2D eigenvalue weighted by Crippen LogP contribution is -2.16. The van der Waals surface area contributed by atoms with E-state index in [-0.39, 0.29) is 5.91 Å². The van der Waals surface area contributed by atoms with Crippen molar-refractivity contribution >= 4 is 28.8 Å². The minimum Gasteiger partial charge on any atom is -0.321 e. The Morgan fingerprint density at radius 3 is 2.57 bits per heavy atom. The number of hydrogen-bond donors (Lipinski definition) is 1. The van der Waals surface area contributed by atoms with Crippen LogP contribution in [0.15, 0.2) is 36.5 Å². The maximum atomic E-state index is 12.8. The molecular formula is C18H18ClN3O. The van der Waals surface area contributed by atoms with Crippen LogP contribution >= 0.6 is 11.6 Å². The number of fused-ring (bicyclic) bond motifs is 1. The number of nitrogens with one attached hydrogen (secondary N) is 1. The SMILES string of the molecule is CCc1nc2cc(Cl)ccn2c1C(=O)Nc1cc(C)cc(C)c1. The average molecular weight is 328 g/mol. The van der Waals surface area contributed by atoms with E-state index in [1.807, 2.05) is 32.9 Å². The number of aromatic nitrogens is 2. The predicted molar refractivity (Wildman–Crippen MR) is 93.4 cm³/mol. The van der Waals surface area contributed by atoms with Crippen LogP contribution in [-0.4, -0.2) is 15.3 Å². The third-order valence-electron chi connectivity index (χ3n) is 3.69. The lowest BCUT2D eigenvalue weighted by molar-refractivity contribution is 0.102. The van der Waals surface area contributed by atoms with E-state index >= 15 is 0 Å². The first kappa shape index (κ1) is 15.6. The molecule has 0 aliphatic carbocycles. The highest BCUT2D eigenvalue weighted by molar-refractivity contribution is 6.30. The van der Waals surface area contributed by atoms with Crippen LogP contribution in [0.3, 0.4) is 0 Å². The molecular weight excluding hydrogens is 310 g/mol. The number of imidazole rings is 1. The van der Waals surface area contributed by atoms with Crippen molar-refractivity contribution in [2.24, 2.45) is 0 Å². The minimum absolute atomic E-state index is 0.165. The number of carbonyl (C=O) groups is 1. The molecule has 0 saturated carbocycles. The number of nitrogens with zero attached hydrogens (tertiary/aromatic N) is 2. The number of carbonyl (C=O) groups excluding carboxylic acids is 1. The van der Waals surface area contributed by atoms with Crippen LogP contribution in [-0.2, 0) is 6.42 Å². The van der Waals surface area contributed by atoms with E-state index in [2.05, 4.69) is 16.4 Å². The maximum absolute atomic E-state index is 12.8. The zero-order chi connectivity index (χ0) is 16.6. The van der Waals surface area contributed by atoms with E-state index in [4.69, 9.17) is 11.6 Å². The van der Waals surface area contributed by atoms with Crippen LogP contribution < -0.4 is 5.32 Å². The lowest BCUT2D eigenvalue weighted by atomic mass is 10.1. The fourth-order valence-corrected chi connectivity index (χ4v) is 2.95. The number of pyridine rings is 1. The number of halogens is 1. The van der Waals surface area contributed by atoms with Gasteiger partial charge in [0, 0.05) is 23.0 Å². The molecule has 1 aromatic carbocycles. The van der Waals surface area contributed by atoms with Gasteiger partial charge in [0.05, 0.1) is 5.69 Å². The average Bonchev–Trinajstić information content (AvgIpc) is 2.83. The van der Waals surface area contributed by atoms with Crippen LogP contribution in [0.1, 0.15) is 34.2 Å². The highest BCUT2D eigenvalue weighted by Gasteiger charge is 2.18. The standard InChI is InChI=1S/C18H18ClN3O/c1-4-15-17(22-6-5-13(19)10-16(22)21-15)18(23)20-14-8-11(2)7-12(3)9-14/h5-10H,4H2,1-3H3,(H,20,23). The van der Waals surface area contributed by atoms with Crippen LogP contribution in [0.2, 0.25) is 5.02 Å². The Morgan fingerprint density at radius 2 is 1.91 bits per heavy atom. The highest BCUT2D eigenvalue weighted by Crippen LogP contribution is 2.20. The summed E-state index contributed by atoms with van der Waals surface area (Å²) in [6.07, 6.45) is 2.45. The van der Waals surface area contributed by atoms with Crippen molar-refractivity contribution < 1.29 is 4.79 Å². The van der Waals surface area contributed by atoms with Gasteiger partial charge in [0.15, 0.2) is 0 Å². The molecule has 3 rings (SSSR count). The number of anilines is 1. The van der Waals surface area contributed by atoms with Crippen molar-refractivity contribution in [1.82, 2.24) is 9.38 Å². The third kappa shape index (κ3) is 3.08. The van der Waals surface area contributed by atoms with Crippen LogP contribution in [0.5, 0.6) is 0 Å². The summed E-state index contributed by atoms with van der Waals surface area (Å²) in [5.41, 5.74) is 5.01. The molecule has 0 atom stereocenters. The van der Waals surface area contributed by atoms with Gasteiger partial charge in [0.2, 0.25) is 0 Å². The Balaban J connectivity index is 2.03. The van der Waals surface area contributed by atoms with Crippen molar-refractivity contribution in [3.05, 3.63) is 64.1 Å². The van der Waals surface area contributed by atoms with Gasteiger partial charge >= 0.3 is 0 Å². The van der Waals surface area contributed by atoms with E-state index in [1.54, 1.807) is 22.7 Å². The van der Waals surface area contributed by atoms with Crippen molar-refractivity contribution in [2.45, 2.75) is 27.2 Å². The first-order chi connectivity index (χ1) is 11.0. The summed E-state index contributed by atoms with van der Waals surface area (Å²) in [7, 11) is 0. The molecule has 0 radical (unpaired) electrons. The van der Waals surface area contributed by atoms with Crippen LogP contribution in [0.25, 0.3) is 5.65 Å². The molecule has 118 valence electrons. The highest BCUT2D eigenvalue weighted by atomic mass is 35.5. The smallest absolute Gasteiger partial charge is 0.274 e. The Morgan fingerprint density at radius 1 is 1.22 bits per heavy atom. The molecule has 23 heavy (non-hydrogen) atoms. The molecule has 5 heteroatoms. The second kappa shape index (κ2) is 6.05. The normalized spacial score (nSPS) is 11.0. The Kier molecular flexibility index (Phi) is 4.09. The zero-order valence-corrected chi connectivity index (χ0v) is 14.1. The summed E-state index contributed by atoms with van der Waals surface area (Å²) < 4.78 is 1.78. The number of amides is 1. The summed E-state index contributed by atoms with van der Waals surface area (Å²) in [4.78, 5) is 17.3. The van der Waals surface area contributed by atoms with E-state index in [9.17, 15) is 4.79 Å². The van der Waals surface area contributed by atoms with Gasteiger partial charge < -0.3 is 5.32 Å². The molecule has 3 aromatic rings. The topological polar surface area (TPSA) is 46.4 Å². The van der Waals surface area contributed by atoms with Gasteiger partial charge in [-0.25, -0.2) is 4.98 Å². The van der Waals surface area contributed by atoms with Gasteiger partial charge in [-0.05, 0) is 49.6 Å². The van der Waals surface area contributed by atoms with Crippen molar-refractivity contribution in [3.8, 4) is 0 Å². The number of benzene rings is 1. The van der Waals surface area contributed by atoms with Crippen molar-refractivity contribution in [2.75, 3.05) is 5.32 Å². The summed E-state index contributed by atoms with van der Waals surface area (Å²) in [6.45, 7) is 6.00. The van der Waals surface area contributed by atoms with Gasteiger partial charge in [-0.2, -0.15) is 0 Å². The molecule has 0 aliphatic rings. The molecule has 1 N–H and O–H groups in total. The molecule has 1 amide bonds. The number of hydrogen-bond acceptors (Lipinski definition) is 2. The molecule has 0 bridgehead atoms. The first-order valence-corrected chi connectivity index (χ1v) is 7.92. The molecule has 2 heterocycles. The van der Waals surface area contributed by atoms with Crippen LogP contribution in [0.4, 0.5) is 5.69 Å². The molecule has 0 aliphatic heterocycles. The van der Waals surface area contributed by atoms with Gasteiger partial charge in [0.1, 0.15) is 11.3 Å². The fraction of sp³-hybridized carbons (Fsp3) is 0.222. The fourth-order valence-electron chi connectivity index (χ4n) is 2.79. The second-order valence-corrected chi connectivity index (χ2v) is 6.10. The van der Waals surface area contributed by atoms with Gasteiger partial charge in [-0.3, -0.25) is 9.20 Å². The number of aryl methyl sites for hydroxylation is 3. The Labute approximate surface area is 140 Å². The minimum atomic E-state index is -0.165. The molecule has 2 aromatic heterocycles. The molecule has 0 fully saturated rings. The summed E-state index contributed by atoms with van der Waals surface area (Å²) >= 11 is 6.01. The summed E-state index contributed by atoms with van der Waals surface area (Å²) in [5, 5.41) is 3.58. The second-order valence-electron chi connectivity index (χ2n) is 5.66. The van der Waals surface area contributed by atoms with Crippen molar-refractivity contribution in [3.63, 3.8) is 0 Å². The lowest BCUT2D eigenvalue weighted by Gasteiger charge is -2.08. The Hall–Kier alpha value is -2.33. The summed E-state index contributed by atoms with van der Waals surface area (Å²) in [6, 6.07) is 9.49. The molecule has 0 saturated heterocycles. The molecule has 0 spiro atoms. The van der Waals surface area contributed by atoms with E-state index in [0.29, 0.717) is 22.8 Å². The third-order valence-corrected chi connectivity index (χ3v) is 3.93. The monoisotopic (exact) mass is 327 g/mol. The molecule has 0 unspecified atom stereocenters. The van der Waals surface area contributed by atoms with Crippen LogP contribution in [0, 0.1) is 13.8 Å². The largest absolute Gasteiger partial charge is 0.321 e. The quantitative estimate of drug-likeness (QED) is 0.774. The van der Waals surface area contributed by atoms with Gasteiger partial charge in [-0.15, -0.1) is 0 Å². The molecule has 4 nitrogen and oxygen atoms in total. The van der Waals surface area contributed by atoms with Gasteiger partial charge in [0.25, 0.3) is 5.91 Å². The number of rotatable bonds is 3. The predicted octanol–water partition coefficient (Wildman–Crippen LogP) is 4.42. The maximum Gasteiger partial charge on any atom is 0.274 e. The first-order valence-electron chi connectivity index (χ1n) is 7.54. The van der Waals surface area contributed by atoms with E-state index in [0.717, 1.165) is 22.5 Å². The van der Waals surface area contributed by atoms with E-state index < -0.39 is 0 Å². The van der Waals surface area contributed by atoms with Gasteiger partial charge in [-0.1, -0.05) is 24.6 Å². The van der Waals surface area contributed by atoms with E-state index in [1.165, 1.54) is 0 Å². The summed E-state index contributed by atoms with van der Waals surface area (Å²) in [5.74, 6) is -0.165. The van der Waals surface area contributed by atoms with Crippen molar-refractivity contribution in [1.29, 1.82) is 0 Å².